The number of carbonyl (C=O) groups is 4. The average molecular weight is 537 g/mol. The summed E-state index contributed by atoms with van der Waals surface area (Å²) in [5.74, 6) is -1.94. The molecule has 2 aliphatic heterocycles. The molecule has 5 N–H and O–H groups in total. The average Bonchev–Trinajstić information content (AvgIpc) is 3.63. The molecule has 2 heterocycles. The molecule has 0 spiro atoms. The molecule has 10 nitrogen and oxygen atoms in total. The van der Waals surface area contributed by atoms with Gasteiger partial charge in [-0.15, -0.1) is 0 Å². The van der Waals surface area contributed by atoms with Crippen LogP contribution >= 0.6 is 0 Å². The second kappa shape index (κ2) is 13.2. The number of carboxylic acids is 1. The maximum Gasteiger partial charge on any atom is 0.326 e. The van der Waals surface area contributed by atoms with Crippen molar-refractivity contribution in [3.05, 3.63) is 65.7 Å². The second-order valence-corrected chi connectivity index (χ2v) is 10.3. The van der Waals surface area contributed by atoms with Crippen LogP contribution in [0.2, 0.25) is 0 Å². The Morgan fingerprint density at radius 3 is 2.31 bits per heavy atom. The highest BCUT2D eigenvalue weighted by Gasteiger charge is 2.38. The minimum absolute atomic E-state index is 0.0665. The van der Waals surface area contributed by atoms with Crippen molar-refractivity contribution in [2.24, 2.45) is 0 Å². The summed E-state index contributed by atoms with van der Waals surface area (Å²) < 4.78 is 0. The fourth-order valence-corrected chi connectivity index (χ4v) is 5.31. The van der Waals surface area contributed by atoms with E-state index in [0.29, 0.717) is 19.4 Å². The molecule has 2 aromatic rings. The summed E-state index contributed by atoms with van der Waals surface area (Å²) in [5, 5.41) is 28.1. The zero-order valence-electron chi connectivity index (χ0n) is 21.8. The molecule has 2 saturated heterocycles. The minimum atomic E-state index is -1.15. The summed E-state index contributed by atoms with van der Waals surface area (Å²) >= 11 is 0. The maximum absolute atomic E-state index is 13.4. The van der Waals surface area contributed by atoms with Crippen molar-refractivity contribution in [3.8, 4) is 5.75 Å². The molecule has 0 aromatic heterocycles. The van der Waals surface area contributed by atoms with Crippen molar-refractivity contribution in [1.29, 1.82) is 0 Å². The number of amides is 3. The molecule has 0 unspecified atom stereocenters. The van der Waals surface area contributed by atoms with Gasteiger partial charge in [-0.1, -0.05) is 42.5 Å². The van der Waals surface area contributed by atoms with E-state index in [9.17, 15) is 29.4 Å². The number of rotatable bonds is 11. The van der Waals surface area contributed by atoms with E-state index in [-0.39, 0.29) is 36.4 Å². The van der Waals surface area contributed by atoms with Gasteiger partial charge in [0.15, 0.2) is 0 Å². The van der Waals surface area contributed by atoms with Gasteiger partial charge in [0.05, 0.1) is 6.04 Å². The zero-order valence-corrected chi connectivity index (χ0v) is 21.8. The third-order valence-corrected chi connectivity index (χ3v) is 7.31. The van der Waals surface area contributed by atoms with E-state index >= 15 is 0 Å². The molecule has 2 aliphatic rings. The third kappa shape index (κ3) is 7.79. The van der Waals surface area contributed by atoms with Crippen molar-refractivity contribution >= 4 is 23.7 Å². The quantitative estimate of drug-likeness (QED) is 0.291. The van der Waals surface area contributed by atoms with Gasteiger partial charge in [0, 0.05) is 25.4 Å². The van der Waals surface area contributed by atoms with Crippen molar-refractivity contribution in [2.75, 3.05) is 13.1 Å². The lowest BCUT2D eigenvalue weighted by molar-refractivity contribution is -0.142. The Kier molecular flexibility index (Phi) is 9.54. The summed E-state index contributed by atoms with van der Waals surface area (Å²) in [6, 6.07) is 12.9. The van der Waals surface area contributed by atoms with Gasteiger partial charge in [-0.2, -0.15) is 0 Å². The van der Waals surface area contributed by atoms with Crippen LogP contribution in [0.4, 0.5) is 0 Å². The Balaban J connectivity index is 1.44. The smallest absolute Gasteiger partial charge is 0.326 e. The van der Waals surface area contributed by atoms with E-state index < -0.39 is 30.0 Å². The number of aliphatic carboxylic acids is 1. The first kappa shape index (κ1) is 28.1. The Morgan fingerprint density at radius 2 is 1.64 bits per heavy atom. The molecule has 2 fully saturated rings. The number of carboxylic acid groups (broad SMARTS) is 1. The Labute approximate surface area is 227 Å². The molecule has 2 aromatic carbocycles. The number of aromatic hydroxyl groups is 1. The SMILES string of the molecule is O=C(C[C@H](Cc1ccc(O)cc1)NC(=O)[C@@H]1CCCN1C(=O)[C@@H]1CCCN1)N[C@@H](Cc1ccccc1)C(=O)O. The van der Waals surface area contributed by atoms with Gasteiger partial charge in [-0.05, 0) is 61.9 Å². The second-order valence-electron chi connectivity index (χ2n) is 10.3. The predicted molar refractivity (Wildman–Crippen MR) is 144 cm³/mol. The summed E-state index contributed by atoms with van der Waals surface area (Å²) in [4.78, 5) is 52.9. The van der Waals surface area contributed by atoms with Crippen LogP contribution in [0.1, 0.15) is 43.2 Å². The number of nitrogens with one attached hydrogen (secondary N) is 3. The van der Waals surface area contributed by atoms with E-state index in [1.165, 1.54) is 12.1 Å². The molecule has 0 radical (unpaired) electrons. The van der Waals surface area contributed by atoms with E-state index in [1.807, 2.05) is 6.07 Å². The Morgan fingerprint density at radius 1 is 0.923 bits per heavy atom. The van der Waals surface area contributed by atoms with Crippen LogP contribution in [-0.2, 0) is 32.0 Å². The topological polar surface area (TPSA) is 148 Å². The van der Waals surface area contributed by atoms with Crippen LogP contribution in [-0.4, -0.2) is 76.1 Å². The first-order valence-electron chi connectivity index (χ1n) is 13.5. The van der Waals surface area contributed by atoms with Gasteiger partial charge in [0.2, 0.25) is 17.7 Å². The van der Waals surface area contributed by atoms with Crippen LogP contribution in [0, 0.1) is 0 Å². The molecule has 39 heavy (non-hydrogen) atoms. The molecular weight excluding hydrogens is 500 g/mol. The van der Waals surface area contributed by atoms with E-state index in [1.54, 1.807) is 41.3 Å². The maximum atomic E-state index is 13.4. The molecule has 0 bridgehead atoms. The van der Waals surface area contributed by atoms with Gasteiger partial charge >= 0.3 is 5.97 Å². The number of phenolic OH excluding ortho intramolecular Hbond substituents is 1. The lowest BCUT2D eigenvalue weighted by Gasteiger charge is -2.28. The van der Waals surface area contributed by atoms with Crippen molar-refractivity contribution < 1.29 is 29.4 Å². The number of benzene rings is 2. The highest BCUT2D eigenvalue weighted by atomic mass is 16.4. The molecular formula is C29H36N4O6. The van der Waals surface area contributed by atoms with Gasteiger partial charge < -0.3 is 31.1 Å². The largest absolute Gasteiger partial charge is 0.508 e. The lowest BCUT2D eigenvalue weighted by atomic mass is 10.0. The first-order chi connectivity index (χ1) is 18.8. The number of phenols is 1. The molecule has 10 heteroatoms. The van der Waals surface area contributed by atoms with Gasteiger partial charge in [-0.25, -0.2) is 4.79 Å². The fourth-order valence-electron chi connectivity index (χ4n) is 5.31. The summed E-state index contributed by atoms with van der Waals surface area (Å²) in [7, 11) is 0. The third-order valence-electron chi connectivity index (χ3n) is 7.31. The number of carbonyl (C=O) groups excluding carboxylic acids is 3. The molecule has 3 amide bonds. The van der Waals surface area contributed by atoms with Crippen molar-refractivity contribution in [2.45, 2.75) is 69.1 Å². The number of likely N-dealkylation sites (tertiary alicyclic amines) is 1. The van der Waals surface area contributed by atoms with Gasteiger partial charge in [0.25, 0.3) is 0 Å². The van der Waals surface area contributed by atoms with Crippen molar-refractivity contribution in [3.63, 3.8) is 0 Å². The number of hydrogen-bond acceptors (Lipinski definition) is 6. The fraction of sp³-hybridized carbons (Fsp3) is 0.448. The predicted octanol–water partition coefficient (Wildman–Crippen LogP) is 1.36. The number of hydrogen-bond donors (Lipinski definition) is 5. The Bertz CT molecular complexity index is 1150. The summed E-state index contributed by atoms with van der Waals surface area (Å²) in [5.41, 5.74) is 1.57. The van der Waals surface area contributed by atoms with Crippen LogP contribution in [0.15, 0.2) is 54.6 Å². The zero-order chi connectivity index (χ0) is 27.8. The van der Waals surface area contributed by atoms with Crippen molar-refractivity contribution in [1.82, 2.24) is 20.9 Å². The van der Waals surface area contributed by atoms with Gasteiger partial charge in [0.1, 0.15) is 17.8 Å². The summed E-state index contributed by atoms with van der Waals surface area (Å²) in [6.07, 6.45) is 3.22. The standard InChI is InChI=1S/C29H36N4O6/c34-22-12-10-20(11-13-22)16-21(18-26(35)32-24(29(38)39)17-19-6-2-1-3-7-19)31-27(36)25-9-5-15-33(25)28(37)23-8-4-14-30-23/h1-3,6-7,10-13,21,23-25,30,34H,4-5,8-9,14-18H2,(H,31,36)(H,32,35)(H,38,39)/t21-,23-,24-,25-/m0/s1. The van der Waals surface area contributed by atoms with Gasteiger partial charge in [-0.3, -0.25) is 14.4 Å². The van der Waals surface area contributed by atoms with E-state index in [0.717, 1.165) is 36.9 Å². The van der Waals surface area contributed by atoms with Crippen LogP contribution in [0.5, 0.6) is 5.75 Å². The molecule has 208 valence electrons. The Hall–Kier alpha value is -3.92. The number of nitrogens with zero attached hydrogens (tertiary/aromatic N) is 1. The first-order valence-corrected chi connectivity index (χ1v) is 13.5. The normalized spacial score (nSPS) is 20.3. The van der Waals surface area contributed by atoms with Crippen LogP contribution < -0.4 is 16.0 Å². The monoisotopic (exact) mass is 536 g/mol. The van der Waals surface area contributed by atoms with Crippen LogP contribution in [0.3, 0.4) is 0 Å². The molecule has 0 saturated carbocycles. The highest BCUT2D eigenvalue weighted by molar-refractivity contribution is 5.91. The minimum Gasteiger partial charge on any atom is -0.508 e. The molecule has 4 atom stereocenters. The molecule has 4 rings (SSSR count). The van der Waals surface area contributed by atoms with Crippen LogP contribution in [0.25, 0.3) is 0 Å². The summed E-state index contributed by atoms with van der Waals surface area (Å²) in [6.45, 7) is 1.30. The lowest BCUT2D eigenvalue weighted by Crippen LogP contribution is -2.53. The molecule has 0 aliphatic carbocycles. The van der Waals surface area contributed by atoms with E-state index in [2.05, 4.69) is 16.0 Å². The van der Waals surface area contributed by atoms with E-state index in [4.69, 9.17) is 0 Å². The highest BCUT2D eigenvalue weighted by Crippen LogP contribution is 2.22.